The Morgan fingerprint density at radius 3 is 2.58 bits per heavy atom. The monoisotopic (exact) mass is 260 g/mol. The van der Waals surface area contributed by atoms with Crippen molar-refractivity contribution >= 4 is 5.97 Å². The number of hydrogen-bond donors (Lipinski definition) is 0. The van der Waals surface area contributed by atoms with Crippen LogP contribution in [0.2, 0.25) is 0 Å². The van der Waals surface area contributed by atoms with Crippen LogP contribution in [0, 0.1) is 0 Å². The summed E-state index contributed by atoms with van der Waals surface area (Å²) in [7, 11) is 0. The summed E-state index contributed by atoms with van der Waals surface area (Å²) in [5.41, 5.74) is 2.86. The number of ether oxygens (including phenoxy) is 1. The van der Waals surface area contributed by atoms with Crippen molar-refractivity contribution in [2.45, 2.75) is 46.0 Å². The Morgan fingerprint density at radius 1 is 1.16 bits per heavy atom. The highest BCUT2D eigenvalue weighted by atomic mass is 16.5. The second-order valence-electron chi connectivity index (χ2n) is 4.69. The molecule has 0 saturated heterocycles. The number of hydrogen-bond acceptors (Lipinski definition) is 2. The molecule has 0 saturated carbocycles. The lowest BCUT2D eigenvalue weighted by Gasteiger charge is -2.07. The molecule has 0 unspecified atom stereocenters. The summed E-state index contributed by atoms with van der Waals surface area (Å²) in [4.78, 5) is 10.6. The van der Waals surface area contributed by atoms with E-state index in [2.05, 4.69) is 43.3 Å². The average Bonchev–Trinajstić information content (AvgIpc) is 2.41. The van der Waals surface area contributed by atoms with Crippen molar-refractivity contribution < 1.29 is 9.53 Å². The Balaban J connectivity index is 2.30. The number of esters is 1. The van der Waals surface area contributed by atoms with Crippen LogP contribution >= 0.6 is 0 Å². The number of carbonyl (C=O) groups excluding carboxylic acids is 1. The number of benzene rings is 1. The van der Waals surface area contributed by atoms with Gasteiger partial charge in [0.05, 0.1) is 6.61 Å². The molecule has 1 rings (SSSR count). The molecular weight excluding hydrogens is 236 g/mol. The van der Waals surface area contributed by atoms with E-state index < -0.39 is 0 Å². The zero-order valence-electron chi connectivity index (χ0n) is 12.0. The summed E-state index contributed by atoms with van der Waals surface area (Å²) in [6.45, 7) is 4.06. The lowest BCUT2D eigenvalue weighted by atomic mass is 9.99. The van der Waals surface area contributed by atoms with E-state index in [1.165, 1.54) is 18.1 Å². The molecule has 0 spiro atoms. The van der Waals surface area contributed by atoms with Crippen LogP contribution in [0.1, 0.15) is 44.2 Å². The van der Waals surface area contributed by atoms with Crippen LogP contribution in [0.15, 0.2) is 36.4 Å². The lowest BCUT2D eigenvalue weighted by Crippen LogP contribution is -2.00. The molecule has 2 nitrogen and oxygen atoms in total. The molecule has 0 amide bonds. The molecule has 0 aliphatic rings. The van der Waals surface area contributed by atoms with Crippen molar-refractivity contribution in [1.82, 2.24) is 0 Å². The minimum Gasteiger partial charge on any atom is -0.466 e. The Hall–Kier alpha value is -1.57. The fourth-order valence-electron chi connectivity index (χ4n) is 2.06. The zero-order chi connectivity index (χ0) is 13.9. The highest BCUT2D eigenvalue weighted by molar-refractivity contribution is 5.65. The number of rotatable bonds is 8. The summed E-state index contributed by atoms with van der Waals surface area (Å²) < 4.78 is 4.92. The van der Waals surface area contributed by atoms with E-state index in [0.29, 0.717) is 6.61 Å². The quantitative estimate of drug-likeness (QED) is 0.400. The molecule has 0 atom stereocenters. The van der Waals surface area contributed by atoms with Crippen molar-refractivity contribution in [2.24, 2.45) is 0 Å². The van der Waals surface area contributed by atoms with E-state index in [1.54, 1.807) is 0 Å². The molecule has 1 aromatic carbocycles. The van der Waals surface area contributed by atoms with Crippen LogP contribution in [-0.2, 0) is 22.4 Å². The van der Waals surface area contributed by atoms with Gasteiger partial charge in [-0.1, -0.05) is 36.4 Å². The van der Waals surface area contributed by atoms with Gasteiger partial charge in [-0.3, -0.25) is 4.79 Å². The molecule has 2 heteroatoms. The first kappa shape index (κ1) is 15.5. The van der Waals surface area contributed by atoms with E-state index in [-0.39, 0.29) is 5.97 Å². The third kappa shape index (κ3) is 6.80. The molecule has 0 aromatic heterocycles. The lowest BCUT2D eigenvalue weighted by molar-refractivity contribution is -0.141. The first-order valence-electron chi connectivity index (χ1n) is 7.05. The van der Waals surface area contributed by atoms with Crippen molar-refractivity contribution in [1.29, 1.82) is 0 Å². The molecule has 0 N–H and O–H groups in total. The average molecular weight is 260 g/mol. The molecular formula is C17H24O2. The molecule has 104 valence electrons. The maximum absolute atomic E-state index is 10.6. The predicted octanol–water partition coefficient (Wildman–Crippen LogP) is 4.08. The van der Waals surface area contributed by atoms with Gasteiger partial charge in [0, 0.05) is 6.92 Å². The van der Waals surface area contributed by atoms with Crippen LogP contribution in [-0.4, -0.2) is 12.6 Å². The second kappa shape index (κ2) is 9.37. The summed E-state index contributed by atoms with van der Waals surface area (Å²) in [6, 6.07) is 8.62. The van der Waals surface area contributed by atoms with Crippen LogP contribution in [0.5, 0.6) is 0 Å². The Bertz CT molecular complexity index is 407. The number of aryl methyl sites for hydroxylation is 1. The third-order valence-electron chi connectivity index (χ3n) is 3.09. The van der Waals surface area contributed by atoms with Gasteiger partial charge < -0.3 is 4.74 Å². The van der Waals surface area contributed by atoms with Gasteiger partial charge in [0.15, 0.2) is 0 Å². The molecule has 19 heavy (non-hydrogen) atoms. The standard InChI is InChI=1S/C17H24O2/c1-3-4-10-16-12-7-8-13-17(16)11-6-5-9-14-19-15(2)18/h3-4,7-8,12-13H,5-6,9-11,14H2,1-2H3/b4-3-. The first-order chi connectivity index (χ1) is 9.24. The Morgan fingerprint density at radius 2 is 1.89 bits per heavy atom. The number of allylic oxidation sites excluding steroid dienone is 2. The van der Waals surface area contributed by atoms with Gasteiger partial charge in [-0.2, -0.15) is 0 Å². The van der Waals surface area contributed by atoms with Gasteiger partial charge in [0.25, 0.3) is 0 Å². The van der Waals surface area contributed by atoms with Crippen molar-refractivity contribution in [3.63, 3.8) is 0 Å². The summed E-state index contributed by atoms with van der Waals surface area (Å²) in [5, 5.41) is 0. The van der Waals surface area contributed by atoms with Gasteiger partial charge in [0.2, 0.25) is 0 Å². The first-order valence-corrected chi connectivity index (χ1v) is 7.05. The smallest absolute Gasteiger partial charge is 0.302 e. The van der Waals surface area contributed by atoms with Crippen LogP contribution < -0.4 is 0 Å². The van der Waals surface area contributed by atoms with E-state index in [9.17, 15) is 4.79 Å². The molecule has 0 aliphatic carbocycles. The molecule has 1 aromatic rings. The third-order valence-corrected chi connectivity index (χ3v) is 3.09. The van der Waals surface area contributed by atoms with E-state index in [0.717, 1.165) is 32.1 Å². The number of unbranched alkanes of at least 4 members (excludes halogenated alkanes) is 2. The number of carbonyl (C=O) groups is 1. The molecule has 0 bridgehead atoms. The summed E-state index contributed by atoms with van der Waals surface area (Å²) in [5.74, 6) is -0.184. The summed E-state index contributed by atoms with van der Waals surface area (Å²) >= 11 is 0. The minimum absolute atomic E-state index is 0.184. The zero-order valence-corrected chi connectivity index (χ0v) is 12.0. The van der Waals surface area contributed by atoms with Crippen molar-refractivity contribution in [3.8, 4) is 0 Å². The highest BCUT2D eigenvalue weighted by Crippen LogP contribution is 2.14. The Labute approximate surface area is 116 Å². The molecule has 0 heterocycles. The van der Waals surface area contributed by atoms with Crippen LogP contribution in [0.4, 0.5) is 0 Å². The van der Waals surface area contributed by atoms with Gasteiger partial charge in [-0.15, -0.1) is 0 Å². The molecule has 0 aliphatic heterocycles. The van der Waals surface area contributed by atoms with Crippen molar-refractivity contribution in [3.05, 3.63) is 47.5 Å². The Kier molecular flexibility index (Phi) is 7.64. The van der Waals surface area contributed by atoms with Gasteiger partial charge in [-0.25, -0.2) is 0 Å². The minimum atomic E-state index is -0.184. The fraction of sp³-hybridized carbons (Fsp3) is 0.471. The van der Waals surface area contributed by atoms with Crippen molar-refractivity contribution in [2.75, 3.05) is 6.61 Å². The highest BCUT2D eigenvalue weighted by Gasteiger charge is 2.00. The SMILES string of the molecule is C/C=C\Cc1ccccc1CCCCCOC(C)=O. The van der Waals surface area contributed by atoms with Gasteiger partial charge in [0.1, 0.15) is 0 Å². The maximum Gasteiger partial charge on any atom is 0.302 e. The molecule has 0 fully saturated rings. The van der Waals surface area contributed by atoms with Gasteiger partial charge >= 0.3 is 5.97 Å². The van der Waals surface area contributed by atoms with Gasteiger partial charge in [-0.05, 0) is 50.2 Å². The van der Waals surface area contributed by atoms with E-state index >= 15 is 0 Å². The normalized spacial score (nSPS) is 10.8. The van der Waals surface area contributed by atoms with E-state index in [1.807, 2.05) is 0 Å². The maximum atomic E-state index is 10.6. The van der Waals surface area contributed by atoms with E-state index in [4.69, 9.17) is 4.74 Å². The van der Waals surface area contributed by atoms with Crippen LogP contribution in [0.25, 0.3) is 0 Å². The summed E-state index contributed by atoms with van der Waals surface area (Å²) in [6.07, 6.45) is 9.61. The fourth-order valence-corrected chi connectivity index (χ4v) is 2.06. The largest absolute Gasteiger partial charge is 0.466 e. The molecule has 0 radical (unpaired) electrons. The second-order valence-corrected chi connectivity index (χ2v) is 4.69. The topological polar surface area (TPSA) is 26.3 Å². The predicted molar refractivity (Wildman–Crippen MR) is 79.1 cm³/mol. The van der Waals surface area contributed by atoms with Crippen LogP contribution in [0.3, 0.4) is 0 Å².